The van der Waals surface area contributed by atoms with Gasteiger partial charge in [0.15, 0.2) is 5.03 Å². The van der Waals surface area contributed by atoms with Crippen LogP contribution in [0.15, 0.2) is 41.6 Å². The Labute approximate surface area is 118 Å². The lowest BCUT2D eigenvalue weighted by Gasteiger charge is -2.16. The van der Waals surface area contributed by atoms with Gasteiger partial charge in [0, 0.05) is 13.6 Å². The number of benzene rings is 1. The molecule has 0 saturated carbocycles. The molecule has 1 aromatic heterocycles. The summed E-state index contributed by atoms with van der Waals surface area (Å²) in [5, 5.41) is 0.0946. The van der Waals surface area contributed by atoms with Gasteiger partial charge in [-0.05, 0) is 19.1 Å². The van der Waals surface area contributed by atoms with Crippen molar-refractivity contribution >= 4 is 10.0 Å². The highest BCUT2D eigenvalue weighted by molar-refractivity contribution is 7.89. The van der Waals surface area contributed by atoms with Crippen molar-refractivity contribution in [3.63, 3.8) is 0 Å². The van der Waals surface area contributed by atoms with Crippen LogP contribution < -0.4 is 4.74 Å². The van der Waals surface area contributed by atoms with Gasteiger partial charge in [-0.25, -0.2) is 13.4 Å². The minimum atomic E-state index is -3.54. The maximum absolute atomic E-state index is 12.2. The van der Waals surface area contributed by atoms with E-state index in [4.69, 9.17) is 4.74 Å². The zero-order valence-electron chi connectivity index (χ0n) is 11.4. The van der Waals surface area contributed by atoms with Crippen LogP contribution in [-0.4, -0.2) is 42.9 Å². The Hall–Kier alpha value is -1.86. The first-order valence-electron chi connectivity index (χ1n) is 6.16. The van der Waals surface area contributed by atoms with Gasteiger partial charge >= 0.3 is 0 Å². The van der Waals surface area contributed by atoms with Crippen molar-refractivity contribution in [1.29, 1.82) is 0 Å². The van der Waals surface area contributed by atoms with Crippen LogP contribution >= 0.6 is 0 Å². The van der Waals surface area contributed by atoms with E-state index in [-0.39, 0.29) is 18.2 Å². The standard InChI is InChI=1S/C13H17N3O3S/c1-11-14-10-13(15-11)20(17,18)16(2)8-9-19-12-6-4-3-5-7-12/h3-7,10H,8-9H2,1-2H3,(H,14,15). The van der Waals surface area contributed by atoms with E-state index >= 15 is 0 Å². The molecule has 0 bridgehead atoms. The highest BCUT2D eigenvalue weighted by atomic mass is 32.2. The smallest absolute Gasteiger partial charge is 0.259 e. The molecule has 0 amide bonds. The van der Waals surface area contributed by atoms with Crippen LogP contribution in [0.5, 0.6) is 5.75 Å². The third-order valence-electron chi connectivity index (χ3n) is 2.79. The summed E-state index contributed by atoms with van der Waals surface area (Å²) in [5.74, 6) is 1.29. The van der Waals surface area contributed by atoms with Crippen molar-refractivity contribution in [2.24, 2.45) is 0 Å². The van der Waals surface area contributed by atoms with E-state index in [9.17, 15) is 8.42 Å². The first-order valence-corrected chi connectivity index (χ1v) is 7.60. The number of nitrogens with zero attached hydrogens (tertiary/aromatic N) is 2. The second-order valence-corrected chi connectivity index (χ2v) is 6.33. The second kappa shape index (κ2) is 6.06. The molecule has 0 saturated heterocycles. The molecule has 2 rings (SSSR count). The fraction of sp³-hybridized carbons (Fsp3) is 0.308. The molecule has 7 heteroatoms. The van der Waals surface area contributed by atoms with E-state index in [1.165, 1.54) is 17.5 Å². The number of hydrogen-bond acceptors (Lipinski definition) is 4. The highest BCUT2D eigenvalue weighted by Crippen LogP contribution is 2.12. The molecule has 0 spiro atoms. The van der Waals surface area contributed by atoms with Gasteiger partial charge in [0.25, 0.3) is 10.0 Å². The molecule has 0 radical (unpaired) electrons. The lowest BCUT2D eigenvalue weighted by molar-refractivity contribution is 0.286. The normalized spacial score (nSPS) is 11.8. The fourth-order valence-electron chi connectivity index (χ4n) is 1.63. The Balaban J connectivity index is 1.93. The molecule has 0 atom stereocenters. The maximum atomic E-state index is 12.2. The van der Waals surface area contributed by atoms with E-state index in [1.54, 1.807) is 6.92 Å². The molecular weight excluding hydrogens is 278 g/mol. The molecule has 0 aliphatic rings. The third kappa shape index (κ3) is 3.37. The molecule has 1 aromatic carbocycles. The fourth-order valence-corrected chi connectivity index (χ4v) is 2.74. The van der Waals surface area contributed by atoms with E-state index in [1.807, 2.05) is 30.3 Å². The summed E-state index contributed by atoms with van der Waals surface area (Å²) in [6, 6.07) is 9.27. The van der Waals surface area contributed by atoms with Gasteiger partial charge in [0.05, 0.1) is 6.20 Å². The van der Waals surface area contributed by atoms with Crippen LogP contribution in [-0.2, 0) is 10.0 Å². The lowest BCUT2D eigenvalue weighted by Crippen LogP contribution is -2.31. The second-order valence-electron chi connectivity index (χ2n) is 4.32. The number of rotatable bonds is 6. The summed E-state index contributed by atoms with van der Waals surface area (Å²) >= 11 is 0. The average molecular weight is 295 g/mol. The number of para-hydroxylation sites is 1. The zero-order valence-corrected chi connectivity index (χ0v) is 12.2. The Bertz CT molecular complexity index is 653. The molecule has 0 aliphatic heterocycles. The van der Waals surface area contributed by atoms with Crippen molar-refractivity contribution < 1.29 is 13.2 Å². The molecule has 1 N–H and O–H groups in total. The summed E-state index contributed by atoms with van der Waals surface area (Å²) in [4.78, 5) is 6.62. The Morgan fingerprint density at radius 1 is 1.30 bits per heavy atom. The van der Waals surface area contributed by atoms with Gasteiger partial charge in [-0.1, -0.05) is 18.2 Å². The number of H-pyrrole nitrogens is 1. The molecule has 0 unspecified atom stereocenters. The van der Waals surface area contributed by atoms with Crippen molar-refractivity contribution in [1.82, 2.24) is 14.3 Å². The Kier molecular flexibility index (Phi) is 4.41. The Morgan fingerprint density at radius 3 is 2.60 bits per heavy atom. The molecule has 1 heterocycles. The van der Waals surface area contributed by atoms with Crippen LogP contribution in [0.3, 0.4) is 0 Å². The number of aromatic nitrogens is 2. The number of aryl methyl sites for hydroxylation is 1. The number of hydrogen-bond donors (Lipinski definition) is 1. The molecule has 6 nitrogen and oxygen atoms in total. The van der Waals surface area contributed by atoms with Crippen LogP contribution in [0.4, 0.5) is 0 Å². The molecule has 0 fully saturated rings. The first-order chi connectivity index (χ1) is 9.50. The van der Waals surface area contributed by atoms with Crippen molar-refractivity contribution in [3.8, 4) is 5.75 Å². The Morgan fingerprint density at radius 2 is 2.00 bits per heavy atom. The summed E-state index contributed by atoms with van der Waals surface area (Å²) < 4.78 is 31.1. The van der Waals surface area contributed by atoms with Crippen molar-refractivity contribution in [2.45, 2.75) is 11.9 Å². The minimum Gasteiger partial charge on any atom is -0.492 e. The summed E-state index contributed by atoms with van der Waals surface area (Å²) in [6.07, 6.45) is 1.32. The predicted octanol–water partition coefficient (Wildman–Crippen LogP) is 1.42. The van der Waals surface area contributed by atoms with E-state index < -0.39 is 10.0 Å². The lowest BCUT2D eigenvalue weighted by atomic mass is 10.3. The number of aromatic amines is 1. The zero-order chi connectivity index (χ0) is 14.6. The summed E-state index contributed by atoms with van der Waals surface area (Å²) in [7, 11) is -2.02. The molecule has 0 aliphatic carbocycles. The van der Waals surface area contributed by atoms with E-state index in [2.05, 4.69) is 9.97 Å². The quantitative estimate of drug-likeness (QED) is 0.874. The highest BCUT2D eigenvalue weighted by Gasteiger charge is 2.22. The molecule has 20 heavy (non-hydrogen) atoms. The van der Waals surface area contributed by atoms with E-state index in [0.29, 0.717) is 5.82 Å². The summed E-state index contributed by atoms with van der Waals surface area (Å²) in [6.45, 7) is 2.25. The molecular formula is C13H17N3O3S. The monoisotopic (exact) mass is 295 g/mol. The van der Waals surface area contributed by atoms with Crippen LogP contribution in [0.1, 0.15) is 5.82 Å². The topological polar surface area (TPSA) is 75.3 Å². The largest absolute Gasteiger partial charge is 0.492 e. The number of ether oxygens (including phenoxy) is 1. The van der Waals surface area contributed by atoms with Crippen molar-refractivity contribution in [2.75, 3.05) is 20.2 Å². The number of imidazole rings is 1. The first kappa shape index (κ1) is 14.5. The van der Waals surface area contributed by atoms with Crippen LogP contribution in [0, 0.1) is 6.92 Å². The van der Waals surface area contributed by atoms with Gasteiger partial charge < -0.3 is 9.72 Å². The van der Waals surface area contributed by atoms with E-state index in [0.717, 1.165) is 5.75 Å². The minimum absolute atomic E-state index is 0.0946. The van der Waals surface area contributed by atoms with Gasteiger partial charge in [0.1, 0.15) is 18.2 Å². The van der Waals surface area contributed by atoms with Crippen molar-refractivity contribution in [3.05, 3.63) is 42.4 Å². The SMILES string of the molecule is Cc1ncc(S(=O)(=O)N(C)CCOc2ccccc2)[nH]1. The van der Waals surface area contributed by atoms with Gasteiger partial charge in [-0.2, -0.15) is 4.31 Å². The van der Waals surface area contributed by atoms with Gasteiger partial charge in [0.2, 0.25) is 0 Å². The number of sulfonamides is 1. The average Bonchev–Trinajstić information content (AvgIpc) is 2.87. The van der Waals surface area contributed by atoms with Crippen LogP contribution in [0.25, 0.3) is 0 Å². The van der Waals surface area contributed by atoms with Gasteiger partial charge in [-0.3, -0.25) is 0 Å². The summed E-state index contributed by atoms with van der Waals surface area (Å²) in [5.41, 5.74) is 0. The third-order valence-corrected chi connectivity index (χ3v) is 4.55. The number of likely N-dealkylation sites (N-methyl/N-ethyl adjacent to an activating group) is 1. The van der Waals surface area contributed by atoms with Crippen LogP contribution in [0.2, 0.25) is 0 Å². The van der Waals surface area contributed by atoms with Gasteiger partial charge in [-0.15, -0.1) is 0 Å². The predicted molar refractivity (Wildman–Crippen MR) is 75.1 cm³/mol. The molecule has 2 aromatic rings. The number of nitrogens with one attached hydrogen (secondary N) is 1. The maximum Gasteiger partial charge on any atom is 0.259 e. The molecule has 108 valence electrons.